The van der Waals surface area contributed by atoms with Crippen LogP contribution in [0.25, 0.3) is 0 Å². The fourth-order valence-corrected chi connectivity index (χ4v) is 2.14. The van der Waals surface area contributed by atoms with Crippen LogP contribution >= 0.6 is 0 Å². The van der Waals surface area contributed by atoms with Gasteiger partial charge in [-0.2, -0.15) is 0 Å². The van der Waals surface area contributed by atoms with E-state index in [9.17, 15) is 15.3 Å². The van der Waals surface area contributed by atoms with Crippen LogP contribution in [0.3, 0.4) is 0 Å². The standard InChI is InChI=1S/C16H19NO3/c1-9-5-16(20)10(2)4-15(9)17-11(3)12-6-13(18)8-14(19)7-12/h4-8,11,17-20H,1-3H3. The minimum Gasteiger partial charge on any atom is -0.508 e. The van der Waals surface area contributed by atoms with Gasteiger partial charge in [0.1, 0.15) is 17.2 Å². The number of nitrogens with one attached hydrogen (secondary N) is 1. The van der Waals surface area contributed by atoms with Crippen LogP contribution in [0.2, 0.25) is 0 Å². The van der Waals surface area contributed by atoms with Gasteiger partial charge in [-0.15, -0.1) is 0 Å². The topological polar surface area (TPSA) is 72.7 Å². The molecular weight excluding hydrogens is 254 g/mol. The molecule has 4 N–H and O–H groups in total. The molecule has 2 aromatic rings. The second-order valence-electron chi connectivity index (χ2n) is 5.10. The summed E-state index contributed by atoms with van der Waals surface area (Å²) in [5, 5.41) is 32.0. The van der Waals surface area contributed by atoms with Crippen LogP contribution in [0.15, 0.2) is 30.3 Å². The third-order valence-corrected chi connectivity index (χ3v) is 3.34. The molecule has 0 aliphatic rings. The maximum absolute atomic E-state index is 9.65. The number of hydrogen-bond acceptors (Lipinski definition) is 4. The molecule has 0 amide bonds. The fourth-order valence-electron chi connectivity index (χ4n) is 2.14. The van der Waals surface area contributed by atoms with E-state index in [-0.39, 0.29) is 23.3 Å². The van der Waals surface area contributed by atoms with Crippen LogP contribution in [0.5, 0.6) is 17.2 Å². The van der Waals surface area contributed by atoms with Crippen LogP contribution < -0.4 is 5.32 Å². The minimum absolute atomic E-state index is 0.0345. The number of hydrogen-bond donors (Lipinski definition) is 4. The van der Waals surface area contributed by atoms with E-state index in [0.29, 0.717) is 0 Å². The Morgan fingerprint density at radius 1 is 0.850 bits per heavy atom. The molecule has 0 aromatic heterocycles. The molecule has 0 aliphatic carbocycles. The largest absolute Gasteiger partial charge is 0.508 e. The number of benzene rings is 2. The summed E-state index contributed by atoms with van der Waals surface area (Å²) in [5.74, 6) is 0.343. The Balaban J connectivity index is 2.27. The summed E-state index contributed by atoms with van der Waals surface area (Å²) in [5.41, 5.74) is 3.43. The van der Waals surface area contributed by atoms with Crippen molar-refractivity contribution in [3.63, 3.8) is 0 Å². The quantitative estimate of drug-likeness (QED) is 0.645. The fraction of sp³-hybridized carbons (Fsp3) is 0.250. The monoisotopic (exact) mass is 273 g/mol. The Kier molecular flexibility index (Phi) is 3.74. The van der Waals surface area contributed by atoms with Gasteiger partial charge in [-0.3, -0.25) is 0 Å². The van der Waals surface area contributed by atoms with E-state index in [1.165, 1.54) is 6.07 Å². The van der Waals surface area contributed by atoms with Crippen LogP contribution in [-0.2, 0) is 0 Å². The molecule has 4 heteroatoms. The number of phenols is 3. The maximum Gasteiger partial charge on any atom is 0.119 e. The van der Waals surface area contributed by atoms with Crippen molar-refractivity contribution >= 4 is 5.69 Å². The van der Waals surface area contributed by atoms with Gasteiger partial charge in [0, 0.05) is 17.8 Å². The van der Waals surface area contributed by atoms with E-state index >= 15 is 0 Å². The normalized spacial score (nSPS) is 12.2. The summed E-state index contributed by atoms with van der Waals surface area (Å²) in [6, 6.07) is 8.02. The lowest BCUT2D eigenvalue weighted by molar-refractivity contribution is 0.448. The summed E-state index contributed by atoms with van der Waals surface area (Å²) in [4.78, 5) is 0. The van der Waals surface area contributed by atoms with Crippen molar-refractivity contribution in [3.8, 4) is 17.2 Å². The zero-order valence-corrected chi connectivity index (χ0v) is 11.8. The molecule has 0 spiro atoms. The van der Waals surface area contributed by atoms with Gasteiger partial charge >= 0.3 is 0 Å². The average molecular weight is 273 g/mol. The number of aromatic hydroxyl groups is 3. The lowest BCUT2D eigenvalue weighted by Gasteiger charge is -2.19. The highest BCUT2D eigenvalue weighted by Crippen LogP contribution is 2.30. The van der Waals surface area contributed by atoms with Crippen molar-refractivity contribution in [3.05, 3.63) is 47.0 Å². The zero-order chi connectivity index (χ0) is 14.9. The van der Waals surface area contributed by atoms with E-state index in [2.05, 4.69) is 5.32 Å². The van der Waals surface area contributed by atoms with Crippen molar-refractivity contribution in [1.82, 2.24) is 0 Å². The summed E-state index contributed by atoms with van der Waals surface area (Å²) in [7, 11) is 0. The van der Waals surface area contributed by atoms with Gasteiger partial charge in [0.05, 0.1) is 0 Å². The average Bonchev–Trinajstić information content (AvgIpc) is 2.34. The van der Waals surface area contributed by atoms with Gasteiger partial charge in [-0.05, 0) is 61.7 Å². The molecule has 0 radical (unpaired) electrons. The predicted octanol–water partition coefficient (Wildman–Crippen LogP) is 3.59. The molecule has 2 aromatic carbocycles. The van der Waals surface area contributed by atoms with Gasteiger partial charge in [0.2, 0.25) is 0 Å². The molecule has 1 unspecified atom stereocenters. The van der Waals surface area contributed by atoms with E-state index in [4.69, 9.17) is 0 Å². The van der Waals surface area contributed by atoms with E-state index < -0.39 is 0 Å². The predicted molar refractivity (Wildman–Crippen MR) is 79.4 cm³/mol. The molecule has 0 fully saturated rings. The molecule has 106 valence electrons. The van der Waals surface area contributed by atoms with Crippen LogP contribution in [0, 0.1) is 13.8 Å². The Morgan fingerprint density at radius 2 is 1.45 bits per heavy atom. The van der Waals surface area contributed by atoms with Gasteiger partial charge in [-0.25, -0.2) is 0 Å². The second-order valence-corrected chi connectivity index (χ2v) is 5.10. The van der Waals surface area contributed by atoms with Gasteiger partial charge in [0.25, 0.3) is 0 Å². The van der Waals surface area contributed by atoms with Crippen LogP contribution in [-0.4, -0.2) is 15.3 Å². The lowest BCUT2D eigenvalue weighted by Crippen LogP contribution is -2.07. The molecule has 0 saturated carbocycles. The first kappa shape index (κ1) is 14.1. The first-order valence-electron chi connectivity index (χ1n) is 6.46. The molecule has 2 rings (SSSR count). The van der Waals surface area contributed by atoms with Crippen molar-refractivity contribution in [2.24, 2.45) is 0 Å². The molecule has 4 nitrogen and oxygen atoms in total. The van der Waals surface area contributed by atoms with E-state index in [1.807, 2.05) is 26.8 Å². The van der Waals surface area contributed by atoms with Gasteiger partial charge < -0.3 is 20.6 Å². The molecule has 0 saturated heterocycles. The maximum atomic E-state index is 9.65. The highest BCUT2D eigenvalue weighted by atomic mass is 16.3. The van der Waals surface area contributed by atoms with E-state index in [0.717, 1.165) is 22.4 Å². The van der Waals surface area contributed by atoms with E-state index in [1.54, 1.807) is 18.2 Å². The third kappa shape index (κ3) is 2.96. The van der Waals surface area contributed by atoms with Gasteiger partial charge in [-0.1, -0.05) is 0 Å². The summed E-state index contributed by atoms with van der Waals surface area (Å²) >= 11 is 0. The van der Waals surface area contributed by atoms with Gasteiger partial charge in [0.15, 0.2) is 0 Å². The SMILES string of the molecule is Cc1cc(NC(C)c2cc(O)cc(O)c2)c(C)cc1O. The molecular formula is C16H19NO3. The first-order valence-corrected chi connectivity index (χ1v) is 6.46. The molecule has 0 bridgehead atoms. The molecule has 0 heterocycles. The Labute approximate surface area is 118 Å². The van der Waals surface area contributed by atoms with Crippen molar-refractivity contribution in [2.45, 2.75) is 26.8 Å². The first-order chi connectivity index (χ1) is 9.36. The van der Waals surface area contributed by atoms with Crippen LogP contribution in [0.4, 0.5) is 5.69 Å². The number of rotatable bonds is 3. The molecule has 0 aliphatic heterocycles. The van der Waals surface area contributed by atoms with Crippen LogP contribution in [0.1, 0.15) is 29.7 Å². The Hall–Kier alpha value is -2.36. The Morgan fingerprint density at radius 3 is 2.05 bits per heavy atom. The summed E-state index contributed by atoms with van der Waals surface area (Å²) < 4.78 is 0. The number of aryl methyl sites for hydroxylation is 2. The molecule has 20 heavy (non-hydrogen) atoms. The van der Waals surface area contributed by atoms with Crippen molar-refractivity contribution in [1.29, 1.82) is 0 Å². The minimum atomic E-state index is -0.0874. The second kappa shape index (κ2) is 5.33. The Bertz CT molecular complexity index is 618. The zero-order valence-electron chi connectivity index (χ0n) is 11.8. The van der Waals surface area contributed by atoms with Crippen molar-refractivity contribution < 1.29 is 15.3 Å². The lowest BCUT2D eigenvalue weighted by atomic mass is 10.0. The third-order valence-electron chi connectivity index (χ3n) is 3.34. The summed E-state index contributed by atoms with van der Waals surface area (Å²) in [6.45, 7) is 5.69. The van der Waals surface area contributed by atoms with Crippen molar-refractivity contribution in [2.75, 3.05) is 5.32 Å². The summed E-state index contributed by atoms with van der Waals surface area (Å²) in [6.07, 6.45) is 0. The smallest absolute Gasteiger partial charge is 0.119 e. The highest BCUT2D eigenvalue weighted by molar-refractivity contribution is 5.58. The number of phenolic OH excluding ortho intramolecular Hbond substituents is 3. The molecule has 1 atom stereocenters. The highest BCUT2D eigenvalue weighted by Gasteiger charge is 2.10. The number of anilines is 1.